The smallest absolute Gasteiger partial charge is 0.302 e. The molecule has 0 aromatic heterocycles. The molecule has 5 aliphatic rings. The lowest BCUT2D eigenvalue weighted by Crippen LogP contribution is -2.53. The van der Waals surface area contributed by atoms with Gasteiger partial charge in [0.05, 0.1) is 6.10 Å². The van der Waals surface area contributed by atoms with E-state index in [0.717, 1.165) is 44.9 Å². The Labute approximate surface area is 162 Å². The zero-order valence-corrected chi connectivity index (χ0v) is 17.0. The molecule has 0 aromatic carbocycles. The number of esters is 1. The third kappa shape index (κ3) is 2.20. The van der Waals surface area contributed by atoms with Gasteiger partial charge in [0.2, 0.25) is 0 Å². The van der Waals surface area contributed by atoms with Crippen molar-refractivity contribution in [3.63, 3.8) is 0 Å². The van der Waals surface area contributed by atoms with E-state index in [-0.39, 0.29) is 40.3 Å². The van der Waals surface area contributed by atoms with E-state index in [1.165, 1.54) is 19.8 Å². The molecule has 0 unspecified atom stereocenters. The lowest BCUT2D eigenvalue weighted by atomic mass is 9.49. The first-order chi connectivity index (χ1) is 12.7. The summed E-state index contributed by atoms with van der Waals surface area (Å²) in [5.41, 5.74) is 0.424. The van der Waals surface area contributed by atoms with Crippen LogP contribution >= 0.6 is 0 Å². The van der Waals surface area contributed by atoms with Gasteiger partial charge in [0, 0.05) is 18.3 Å². The van der Waals surface area contributed by atoms with Crippen molar-refractivity contribution in [3.05, 3.63) is 0 Å². The van der Waals surface area contributed by atoms with Gasteiger partial charge in [0.1, 0.15) is 11.9 Å². The van der Waals surface area contributed by atoms with E-state index in [4.69, 9.17) is 4.74 Å². The van der Waals surface area contributed by atoms with Crippen LogP contribution < -0.4 is 0 Å². The van der Waals surface area contributed by atoms with Crippen LogP contribution in [-0.2, 0) is 14.3 Å². The number of ether oxygens (including phenoxy) is 1. The molecule has 5 saturated carbocycles. The molecule has 4 heteroatoms. The topological polar surface area (TPSA) is 63.6 Å². The van der Waals surface area contributed by atoms with E-state index >= 15 is 0 Å². The predicted molar refractivity (Wildman–Crippen MR) is 101 cm³/mol. The molecule has 0 amide bonds. The number of Topliss-reactive ketones (excluding diaryl/α,β-unsaturated/α-hetero) is 1. The van der Waals surface area contributed by atoms with Gasteiger partial charge in [0.25, 0.3) is 0 Å². The summed E-state index contributed by atoms with van der Waals surface area (Å²) in [6.45, 7) is 5.64. The summed E-state index contributed by atoms with van der Waals surface area (Å²) in [6.07, 6.45) is 9.24. The lowest BCUT2D eigenvalue weighted by molar-refractivity contribution is -0.159. The third-order valence-corrected chi connectivity index (χ3v) is 10.1. The highest BCUT2D eigenvalue weighted by Crippen LogP contribution is 2.83. The van der Waals surface area contributed by atoms with Gasteiger partial charge in [-0.15, -0.1) is 0 Å². The number of hydrogen-bond donors (Lipinski definition) is 1. The highest BCUT2D eigenvalue weighted by atomic mass is 16.5. The Bertz CT molecular complexity index is 688. The Morgan fingerprint density at radius 1 is 1.00 bits per heavy atom. The molecule has 0 spiro atoms. The van der Waals surface area contributed by atoms with Crippen molar-refractivity contribution in [2.24, 2.45) is 39.9 Å². The monoisotopic (exact) mass is 374 g/mol. The molecular weight excluding hydrogens is 340 g/mol. The van der Waals surface area contributed by atoms with Gasteiger partial charge in [-0.3, -0.25) is 9.59 Å². The summed E-state index contributed by atoms with van der Waals surface area (Å²) >= 11 is 0. The molecule has 1 N–H and O–H groups in total. The number of fused-ring (bicyclic) bond motifs is 3. The van der Waals surface area contributed by atoms with Gasteiger partial charge in [-0.25, -0.2) is 0 Å². The first kappa shape index (κ1) is 18.1. The van der Waals surface area contributed by atoms with E-state index in [2.05, 4.69) is 6.92 Å². The first-order valence-electron chi connectivity index (χ1n) is 11.1. The fourth-order valence-electron chi connectivity index (χ4n) is 9.12. The molecule has 4 nitrogen and oxygen atoms in total. The number of carbonyl (C=O) groups is 2. The van der Waals surface area contributed by atoms with Crippen molar-refractivity contribution < 1.29 is 19.4 Å². The van der Waals surface area contributed by atoms with E-state index in [9.17, 15) is 14.7 Å². The summed E-state index contributed by atoms with van der Waals surface area (Å²) in [4.78, 5) is 23.7. The number of rotatable bonds is 2. The summed E-state index contributed by atoms with van der Waals surface area (Å²) in [5, 5.41) is 11.3. The van der Waals surface area contributed by atoms with E-state index < -0.39 is 0 Å². The van der Waals surface area contributed by atoms with E-state index in [1.807, 2.05) is 0 Å². The summed E-state index contributed by atoms with van der Waals surface area (Å²) in [5.74, 6) is 2.27. The molecule has 5 rings (SSSR count). The second-order valence-electron chi connectivity index (χ2n) is 10.9. The molecule has 27 heavy (non-hydrogen) atoms. The number of hydrogen-bond acceptors (Lipinski definition) is 4. The zero-order chi connectivity index (χ0) is 19.2. The normalized spacial score (nSPS) is 55.6. The maximum atomic E-state index is 12.3. The van der Waals surface area contributed by atoms with Crippen LogP contribution in [0.2, 0.25) is 0 Å². The minimum absolute atomic E-state index is 0.00113. The number of aliphatic hydroxyl groups is 1. The molecule has 0 aromatic rings. The molecular formula is C23H34O4. The molecule has 0 heterocycles. The van der Waals surface area contributed by atoms with Crippen molar-refractivity contribution in [2.45, 2.75) is 90.8 Å². The molecule has 0 bridgehead atoms. The Balaban J connectivity index is 1.42. The van der Waals surface area contributed by atoms with Crippen LogP contribution in [-0.4, -0.2) is 29.1 Å². The number of aliphatic hydroxyl groups excluding tert-OH is 1. The van der Waals surface area contributed by atoms with Gasteiger partial charge >= 0.3 is 5.97 Å². The van der Waals surface area contributed by atoms with Crippen molar-refractivity contribution >= 4 is 11.8 Å². The average molecular weight is 375 g/mol. The Hall–Kier alpha value is -0.900. The maximum Gasteiger partial charge on any atom is 0.302 e. The second kappa shape index (κ2) is 5.58. The predicted octanol–water partition coefficient (Wildman–Crippen LogP) is 3.89. The van der Waals surface area contributed by atoms with Crippen molar-refractivity contribution in [3.8, 4) is 0 Å². The Morgan fingerprint density at radius 3 is 2.48 bits per heavy atom. The zero-order valence-electron chi connectivity index (χ0n) is 17.0. The molecule has 0 aliphatic heterocycles. The quantitative estimate of drug-likeness (QED) is 0.745. The van der Waals surface area contributed by atoms with Gasteiger partial charge in [-0.1, -0.05) is 6.92 Å². The second-order valence-corrected chi connectivity index (χ2v) is 10.9. The molecule has 150 valence electrons. The minimum atomic E-state index is -0.268. The minimum Gasteiger partial charge on any atom is -0.463 e. The van der Waals surface area contributed by atoms with Crippen LogP contribution in [0.25, 0.3) is 0 Å². The lowest BCUT2D eigenvalue weighted by Gasteiger charge is -2.57. The van der Waals surface area contributed by atoms with Crippen molar-refractivity contribution in [2.75, 3.05) is 0 Å². The van der Waals surface area contributed by atoms with Gasteiger partial charge in [0.15, 0.2) is 0 Å². The van der Waals surface area contributed by atoms with E-state index in [0.29, 0.717) is 23.5 Å². The van der Waals surface area contributed by atoms with Crippen molar-refractivity contribution in [1.82, 2.24) is 0 Å². The van der Waals surface area contributed by atoms with E-state index in [1.54, 1.807) is 6.92 Å². The summed E-state index contributed by atoms with van der Waals surface area (Å²) in [6, 6.07) is 0. The standard InChI is InChI=1S/C23H34O4/c1-13(24)17-4-5-18-16-10-20(26)23-11-15(27-14(2)25)6-9-22(23,12-23)19(16)7-8-21(17,18)3/h15-20,26H,4-12H2,1-3H3/t15-,16-,17+,18-,19-,20+,21+,22-,23+/m0/s1. The Morgan fingerprint density at radius 2 is 1.78 bits per heavy atom. The van der Waals surface area contributed by atoms with Crippen LogP contribution in [0.5, 0.6) is 0 Å². The maximum absolute atomic E-state index is 12.3. The fraction of sp³-hybridized carbons (Fsp3) is 0.913. The molecule has 5 fully saturated rings. The molecule has 9 atom stereocenters. The van der Waals surface area contributed by atoms with Crippen LogP contribution in [0, 0.1) is 39.9 Å². The van der Waals surface area contributed by atoms with Crippen LogP contribution in [0.15, 0.2) is 0 Å². The van der Waals surface area contributed by atoms with Crippen molar-refractivity contribution in [1.29, 1.82) is 0 Å². The average Bonchev–Trinajstić information content (AvgIpc) is 3.15. The first-order valence-corrected chi connectivity index (χ1v) is 11.1. The molecule has 5 aliphatic carbocycles. The van der Waals surface area contributed by atoms with Gasteiger partial charge in [-0.05, 0) is 93.3 Å². The fourth-order valence-corrected chi connectivity index (χ4v) is 9.12. The Kier molecular flexibility index (Phi) is 3.75. The number of carbonyl (C=O) groups excluding carboxylic acids is 2. The molecule has 0 saturated heterocycles. The van der Waals surface area contributed by atoms with Crippen LogP contribution in [0.1, 0.15) is 78.6 Å². The van der Waals surface area contributed by atoms with Crippen LogP contribution in [0.4, 0.5) is 0 Å². The highest BCUT2D eigenvalue weighted by molar-refractivity contribution is 5.79. The summed E-state index contributed by atoms with van der Waals surface area (Å²) in [7, 11) is 0. The SMILES string of the molecule is CC(=O)O[C@H]1CC[C@@]23C[C@]2(C1)[C@H](O)C[C@H]1[C@@H]2CC[C@H](C(C)=O)[C@@]2(C)CC[C@@H]13. The number of ketones is 1. The van der Waals surface area contributed by atoms with Gasteiger partial charge in [-0.2, -0.15) is 0 Å². The van der Waals surface area contributed by atoms with Crippen LogP contribution in [0.3, 0.4) is 0 Å². The molecule has 0 radical (unpaired) electrons. The largest absolute Gasteiger partial charge is 0.463 e. The summed E-state index contributed by atoms with van der Waals surface area (Å²) < 4.78 is 5.55. The third-order valence-electron chi connectivity index (χ3n) is 10.1. The highest BCUT2D eigenvalue weighted by Gasteiger charge is 2.79. The van der Waals surface area contributed by atoms with Gasteiger partial charge < -0.3 is 9.84 Å².